The Labute approximate surface area is 98.5 Å². The minimum absolute atomic E-state index is 0.640. The van der Waals surface area contributed by atoms with Crippen LogP contribution in [0, 0.1) is 0 Å². The molecule has 0 aliphatic rings. The minimum Gasteiger partial charge on any atom is -0.331 e. The van der Waals surface area contributed by atoms with Crippen molar-refractivity contribution in [2.24, 2.45) is 7.05 Å². The van der Waals surface area contributed by atoms with E-state index in [-0.39, 0.29) is 0 Å². The fourth-order valence-electron chi connectivity index (χ4n) is 1.39. The second-order valence-corrected chi connectivity index (χ2v) is 4.40. The Kier molecular flexibility index (Phi) is 3.41. The molecule has 16 heavy (non-hydrogen) atoms. The fourth-order valence-corrected chi connectivity index (χ4v) is 2.35. The van der Waals surface area contributed by atoms with Crippen molar-refractivity contribution in [1.29, 1.82) is 0 Å². The van der Waals surface area contributed by atoms with Gasteiger partial charge in [-0.15, -0.1) is 0 Å². The number of thioether (sulfide) groups is 1. The third kappa shape index (κ3) is 2.33. The van der Waals surface area contributed by atoms with Crippen LogP contribution in [0.2, 0.25) is 0 Å². The molecule has 0 aliphatic heterocycles. The number of aldehydes is 1. The van der Waals surface area contributed by atoms with Gasteiger partial charge in [0, 0.05) is 12.8 Å². The van der Waals surface area contributed by atoms with Crippen molar-refractivity contribution in [3.8, 4) is 0 Å². The van der Waals surface area contributed by atoms with E-state index in [0.717, 1.165) is 17.1 Å². The Morgan fingerprint density at radius 1 is 1.38 bits per heavy atom. The summed E-state index contributed by atoms with van der Waals surface area (Å²) in [5, 5.41) is 0.793. The maximum Gasteiger partial charge on any atom is 0.169 e. The summed E-state index contributed by atoms with van der Waals surface area (Å²) in [5.74, 6) is 0.832. The highest BCUT2D eigenvalue weighted by molar-refractivity contribution is 7.98. The Bertz CT molecular complexity index is 479. The maximum absolute atomic E-state index is 10.8. The van der Waals surface area contributed by atoms with E-state index in [2.05, 4.69) is 17.1 Å². The SMILES string of the molecule is Cn1cnc(SCc2ccccc2)c1C=O. The van der Waals surface area contributed by atoms with Crippen molar-refractivity contribution >= 4 is 18.0 Å². The number of aromatic nitrogens is 2. The lowest BCUT2D eigenvalue weighted by molar-refractivity contribution is 0.111. The molecule has 0 aliphatic carbocycles. The van der Waals surface area contributed by atoms with Gasteiger partial charge in [0.1, 0.15) is 10.7 Å². The maximum atomic E-state index is 10.8. The highest BCUT2D eigenvalue weighted by atomic mass is 32.2. The van der Waals surface area contributed by atoms with Gasteiger partial charge in [-0.1, -0.05) is 42.1 Å². The number of hydrogen-bond acceptors (Lipinski definition) is 3. The van der Waals surface area contributed by atoms with Crippen LogP contribution in [0.25, 0.3) is 0 Å². The zero-order valence-corrected chi connectivity index (χ0v) is 9.78. The van der Waals surface area contributed by atoms with E-state index >= 15 is 0 Å². The predicted octanol–water partition coefficient (Wildman–Crippen LogP) is 2.52. The van der Waals surface area contributed by atoms with E-state index in [9.17, 15) is 4.79 Å². The Morgan fingerprint density at radius 2 is 2.12 bits per heavy atom. The molecule has 82 valence electrons. The largest absolute Gasteiger partial charge is 0.331 e. The van der Waals surface area contributed by atoms with E-state index < -0.39 is 0 Å². The predicted molar refractivity (Wildman–Crippen MR) is 64.6 cm³/mol. The zero-order chi connectivity index (χ0) is 11.4. The fraction of sp³-hybridized carbons (Fsp3) is 0.167. The van der Waals surface area contributed by atoms with Gasteiger partial charge in [-0.2, -0.15) is 0 Å². The summed E-state index contributed by atoms with van der Waals surface area (Å²) in [7, 11) is 1.82. The van der Waals surface area contributed by atoms with Crippen molar-refractivity contribution in [2.45, 2.75) is 10.8 Å². The molecule has 0 bridgehead atoms. The van der Waals surface area contributed by atoms with E-state index in [1.54, 1.807) is 22.7 Å². The van der Waals surface area contributed by atoms with Crippen molar-refractivity contribution < 1.29 is 4.79 Å². The van der Waals surface area contributed by atoms with Gasteiger partial charge in [0.05, 0.1) is 6.33 Å². The van der Waals surface area contributed by atoms with Crippen LogP contribution >= 0.6 is 11.8 Å². The molecule has 1 heterocycles. The van der Waals surface area contributed by atoms with Gasteiger partial charge < -0.3 is 4.57 Å². The average Bonchev–Trinajstić information content (AvgIpc) is 2.68. The highest BCUT2D eigenvalue weighted by Gasteiger charge is 2.08. The molecule has 0 spiro atoms. The first kappa shape index (κ1) is 11.0. The van der Waals surface area contributed by atoms with Gasteiger partial charge in [-0.25, -0.2) is 4.98 Å². The first-order chi connectivity index (χ1) is 7.81. The molecule has 0 unspecified atom stereocenters. The second kappa shape index (κ2) is 4.99. The Morgan fingerprint density at radius 3 is 2.81 bits per heavy atom. The number of aryl methyl sites for hydroxylation is 1. The van der Waals surface area contributed by atoms with E-state index in [0.29, 0.717) is 5.69 Å². The summed E-state index contributed by atoms with van der Waals surface area (Å²) in [6, 6.07) is 10.1. The normalized spacial score (nSPS) is 10.3. The first-order valence-electron chi connectivity index (χ1n) is 4.94. The average molecular weight is 232 g/mol. The molecular weight excluding hydrogens is 220 g/mol. The van der Waals surface area contributed by atoms with Gasteiger partial charge in [0.25, 0.3) is 0 Å². The lowest BCUT2D eigenvalue weighted by Gasteiger charge is -2.00. The van der Waals surface area contributed by atoms with Crippen molar-refractivity contribution in [1.82, 2.24) is 9.55 Å². The molecule has 3 nitrogen and oxygen atoms in total. The summed E-state index contributed by atoms with van der Waals surface area (Å²) < 4.78 is 1.74. The molecule has 0 saturated heterocycles. The van der Waals surface area contributed by atoms with Crippen LogP contribution in [-0.2, 0) is 12.8 Å². The molecular formula is C12H12N2OS. The number of nitrogens with zero attached hydrogens (tertiary/aromatic N) is 2. The molecule has 1 aromatic heterocycles. The molecule has 2 aromatic rings. The molecule has 0 N–H and O–H groups in total. The monoisotopic (exact) mass is 232 g/mol. The Balaban J connectivity index is 2.08. The third-order valence-electron chi connectivity index (χ3n) is 2.28. The number of benzene rings is 1. The van der Waals surface area contributed by atoms with Crippen LogP contribution in [-0.4, -0.2) is 15.8 Å². The quantitative estimate of drug-likeness (QED) is 0.600. The van der Waals surface area contributed by atoms with Crippen LogP contribution in [0.4, 0.5) is 0 Å². The zero-order valence-electron chi connectivity index (χ0n) is 8.96. The minimum atomic E-state index is 0.640. The van der Waals surface area contributed by atoms with Crippen LogP contribution in [0.3, 0.4) is 0 Å². The number of rotatable bonds is 4. The standard InChI is InChI=1S/C12H12N2OS/c1-14-9-13-12(11(14)7-15)16-8-10-5-3-2-4-6-10/h2-7,9H,8H2,1H3. The molecule has 0 fully saturated rings. The van der Waals surface area contributed by atoms with Gasteiger partial charge in [-0.3, -0.25) is 4.79 Å². The molecule has 0 atom stereocenters. The van der Waals surface area contributed by atoms with Gasteiger partial charge in [0.15, 0.2) is 6.29 Å². The molecule has 0 saturated carbocycles. The summed E-state index contributed by atoms with van der Waals surface area (Å²) in [6.07, 6.45) is 2.51. The van der Waals surface area contributed by atoms with E-state index in [1.807, 2.05) is 25.2 Å². The van der Waals surface area contributed by atoms with Gasteiger partial charge in [0.2, 0.25) is 0 Å². The van der Waals surface area contributed by atoms with Crippen molar-refractivity contribution in [2.75, 3.05) is 0 Å². The molecule has 0 amide bonds. The molecule has 4 heteroatoms. The topological polar surface area (TPSA) is 34.9 Å². The van der Waals surface area contributed by atoms with Crippen molar-refractivity contribution in [3.63, 3.8) is 0 Å². The van der Waals surface area contributed by atoms with Crippen LogP contribution in [0.1, 0.15) is 16.1 Å². The first-order valence-corrected chi connectivity index (χ1v) is 5.93. The van der Waals surface area contributed by atoms with Crippen molar-refractivity contribution in [3.05, 3.63) is 47.9 Å². The number of imidazole rings is 1. The lowest BCUT2D eigenvalue weighted by atomic mass is 10.2. The summed E-state index contributed by atoms with van der Waals surface area (Å²) in [5.41, 5.74) is 1.87. The third-order valence-corrected chi connectivity index (χ3v) is 3.34. The van der Waals surface area contributed by atoms with Gasteiger partial charge >= 0.3 is 0 Å². The van der Waals surface area contributed by atoms with Crippen LogP contribution < -0.4 is 0 Å². The highest BCUT2D eigenvalue weighted by Crippen LogP contribution is 2.23. The molecule has 1 aromatic carbocycles. The summed E-state index contributed by atoms with van der Waals surface area (Å²) >= 11 is 1.58. The van der Waals surface area contributed by atoms with E-state index in [4.69, 9.17) is 0 Å². The number of carbonyl (C=O) groups is 1. The van der Waals surface area contributed by atoms with Gasteiger partial charge in [-0.05, 0) is 5.56 Å². The lowest BCUT2D eigenvalue weighted by Crippen LogP contribution is -1.93. The smallest absolute Gasteiger partial charge is 0.169 e. The number of carbonyl (C=O) groups excluding carboxylic acids is 1. The second-order valence-electron chi connectivity index (χ2n) is 3.44. The summed E-state index contributed by atoms with van der Waals surface area (Å²) in [4.78, 5) is 15.0. The Hall–Kier alpha value is -1.55. The van der Waals surface area contributed by atoms with Crippen LogP contribution in [0.5, 0.6) is 0 Å². The number of hydrogen-bond donors (Lipinski definition) is 0. The van der Waals surface area contributed by atoms with E-state index in [1.165, 1.54) is 5.56 Å². The van der Waals surface area contributed by atoms with Crippen LogP contribution in [0.15, 0.2) is 41.7 Å². The molecule has 2 rings (SSSR count). The molecule has 0 radical (unpaired) electrons. The summed E-state index contributed by atoms with van der Waals surface area (Å²) in [6.45, 7) is 0.